The SMILES string of the molecule is COc1ccc(/C=C/C(=O)Nc2ccc(-c3cc(-c4ncco4)ccc3C)cc2)cc1OC. The molecule has 0 aliphatic heterocycles. The normalized spacial score (nSPS) is 10.9. The maximum Gasteiger partial charge on any atom is 0.248 e. The van der Waals surface area contributed by atoms with E-state index in [0.29, 0.717) is 23.1 Å². The fraction of sp³-hybridized carbons (Fsp3) is 0.111. The van der Waals surface area contributed by atoms with Gasteiger partial charge in [-0.1, -0.05) is 24.3 Å². The molecule has 1 aromatic heterocycles. The van der Waals surface area contributed by atoms with Gasteiger partial charge in [0.25, 0.3) is 0 Å². The Balaban J connectivity index is 1.45. The predicted molar refractivity (Wildman–Crippen MR) is 129 cm³/mol. The third-order valence-electron chi connectivity index (χ3n) is 5.22. The van der Waals surface area contributed by atoms with Crippen molar-refractivity contribution in [2.45, 2.75) is 6.92 Å². The van der Waals surface area contributed by atoms with Crippen LogP contribution >= 0.6 is 0 Å². The molecule has 0 spiro atoms. The van der Waals surface area contributed by atoms with Crippen molar-refractivity contribution >= 4 is 17.7 Å². The Kier molecular flexibility index (Phi) is 6.55. The lowest BCUT2D eigenvalue weighted by Gasteiger charge is -2.09. The van der Waals surface area contributed by atoms with Crippen molar-refractivity contribution in [1.29, 1.82) is 0 Å². The minimum Gasteiger partial charge on any atom is -0.493 e. The second-order valence-corrected chi connectivity index (χ2v) is 7.38. The largest absolute Gasteiger partial charge is 0.493 e. The van der Waals surface area contributed by atoms with Gasteiger partial charge in [-0.25, -0.2) is 4.98 Å². The molecule has 3 aromatic carbocycles. The fourth-order valence-corrected chi connectivity index (χ4v) is 3.48. The number of carbonyl (C=O) groups is 1. The van der Waals surface area contributed by atoms with Gasteiger partial charge in [0.1, 0.15) is 6.26 Å². The summed E-state index contributed by atoms with van der Waals surface area (Å²) in [6.07, 6.45) is 6.40. The topological polar surface area (TPSA) is 73.6 Å². The van der Waals surface area contributed by atoms with E-state index in [0.717, 1.165) is 27.8 Å². The first-order valence-electron chi connectivity index (χ1n) is 10.4. The quantitative estimate of drug-likeness (QED) is 0.358. The highest BCUT2D eigenvalue weighted by molar-refractivity contribution is 6.02. The first kappa shape index (κ1) is 21.9. The summed E-state index contributed by atoms with van der Waals surface area (Å²) < 4.78 is 15.9. The van der Waals surface area contributed by atoms with E-state index in [1.807, 2.05) is 48.5 Å². The van der Waals surface area contributed by atoms with Crippen molar-refractivity contribution in [3.63, 3.8) is 0 Å². The molecule has 6 nitrogen and oxygen atoms in total. The molecule has 6 heteroatoms. The summed E-state index contributed by atoms with van der Waals surface area (Å²) in [4.78, 5) is 16.6. The molecular weight excluding hydrogens is 416 g/mol. The third kappa shape index (κ3) is 5.13. The highest BCUT2D eigenvalue weighted by Gasteiger charge is 2.09. The van der Waals surface area contributed by atoms with E-state index in [2.05, 4.69) is 23.3 Å². The number of amides is 1. The van der Waals surface area contributed by atoms with Gasteiger partial charge >= 0.3 is 0 Å². The zero-order chi connectivity index (χ0) is 23.2. The lowest BCUT2D eigenvalue weighted by Crippen LogP contribution is -2.07. The molecule has 1 amide bonds. The second kappa shape index (κ2) is 9.87. The molecule has 0 bridgehead atoms. The number of aryl methyl sites for hydroxylation is 1. The number of rotatable bonds is 7. The van der Waals surface area contributed by atoms with Crippen molar-refractivity contribution in [2.75, 3.05) is 19.5 Å². The van der Waals surface area contributed by atoms with E-state index in [-0.39, 0.29) is 5.91 Å². The monoisotopic (exact) mass is 440 g/mol. The summed E-state index contributed by atoms with van der Waals surface area (Å²) in [5.41, 5.74) is 5.72. The molecule has 4 rings (SSSR count). The van der Waals surface area contributed by atoms with Crippen molar-refractivity contribution in [3.05, 3.63) is 90.3 Å². The molecule has 166 valence electrons. The van der Waals surface area contributed by atoms with Gasteiger partial charge in [0.2, 0.25) is 11.8 Å². The van der Waals surface area contributed by atoms with Crippen molar-refractivity contribution < 1.29 is 18.7 Å². The molecule has 0 fully saturated rings. The molecular formula is C27H24N2O4. The Labute approximate surface area is 192 Å². The minimum absolute atomic E-state index is 0.223. The molecule has 0 atom stereocenters. The number of methoxy groups -OCH3 is 2. The van der Waals surface area contributed by atoms with Crippen LogP contribution in [0.2, 0.25) is 0 Å². The van der Waals surface area contributed by atoms with Gasteiger partial charge in [-0.2, -0.15) is 0 Å². The Hall–Kier alpha value is -4.32. The average Bonchev–Trinajstić information content (AvgIpc) is 3.38. The summed E-state index contributed by atoms with van der Waals surface area (Å²) in [5, 5.41) is 2.88. The number of ether oxygens (including phenoxy) is 2. The van der Waals surface area contributed by atoms with Gasteiger partial charge < -0.3 is 19.2 Å². The molecule has 0 radical (unpaired) electrons. The summed E-state index contributed by atoms with van der Waals surface area (Å²) in [7, 11) is 3.16. The van der Waals surface area contributed by atoms with Crippen molar-refractivity contribution in [2.24, 2.45) is 0 Å². The lowest BCUT2D eigenvalue weighted by atomic mass is 9.98. The summed E-state index contributed by atoms with van der Waals surface area (Å²) >= 11 is 0. The van der Waals surface area contributed by atoms with E-state index in [1.54, 1.807) is 38.8 Å². The van der Waals surface area contributed by atoms with Crippen LogP contribution in [0.4, 0.5) is 5.69 Å². The van der Waals surface area contributed by atoms with Gasteiger partial charge in [-0.05, 0) is 71.7 Å². The standard InChI is InChI=1S/C27H24N2O4/c1-18-4-7-21(27-28-14-15-33-27)17-23(18)20-8-10-22(11-9-20)29-26(30)13-6-19-5-12-24(31-2)25(16-19)32-3/h4-17H,1-3H3,(H,29,30)/b13-6+. The molecule has 0 unspecified atom stereocenters. The Morgan fingerprint density at radius 1 is 0.939 bits per heavy atom. The minimum atomic E-state index is -0.223. The highest BCUT2D eigenvalue weighted by atomic mass is 16.5. The average molecular weight is 440 g/mol. The van der Waals surface area contributed by atoms with Crippen LogP contribution in [0.3, 0.4) is 0 Å². The molecule has 4 aromatic rings. The smallest absolute Gasteiger partial charge is 0.248 e. The number of anilines is 1. The van der Waals surface area contributed by atoms with Gasteiger partial charge in [-0.3, -0.25) is 4.79 Å². The molecule has 1 N–H and O–H groups in total. The first-order chi connectivity index (χ1) is 16.1. The maximum atomic E-state index is 12.4. The summed E-state index contributed by atoms with van der Waals surface area (Å²) in [6.45, 7) is 2.06. The molecule has 0 saturated heterocycles. The Morgan fingerprint density at radius 3 is 2.39 bits per heavy atom. The van der Waals surface area contributed by atoms with Gasteiger partial charge in [0.05, 0.1) is 20.4 Å². The number of aromatic nitrogens is 1. The van der Waals surface area contributed by atoms with E-state index < -0.39 is 0 Å². The molecule has 1 heterocycles. The Morgan fingerprint density at radius 2 is 1.70 bits per heavy atom. The molecule has 0 saturated carbocycles. The van der Waals surface area contributed by atoms with Gasteiger partial charge in [0.15, 0.2) is 11.5 Å². The number of nitrogens with zero attached hydrogens (tertiary/aromatic N) is 1. The van der Waals surface area contributed by atoms with E-state index in [1.165, 1.54) is 6.08 Å². The molecule has 33 heavy (non-hydrogen) atoms. The molecule has 0 aliphatic rings. The van der Waals surface area contributed by atoms with Crippen LogP contribution in [-0.2, 0) is 4.79 Å². The number of benzene rings is 3. The number of nitrogens with one attached hydrogen (secondary N) is 1. The maximum absolute atomic E-state index is 12.4. The van der Waals surface area contributed by atoms with Crippen molar-refractivity contribution in [3.8, 4) is 34.1 Å². The molecule has 0 aliphatic carbocycles. The lowest BCUT2D eigenvalue weighted by molar-refractivity contribution is -0.111. The van der Waals surface area contributed by atoms with Crippen LogP contribution in [0.15, 0.2) is 83.6 Å². The number of hydrogen-bond acceptors (Lipinski definition) is 5. The van der Waals surface area contributed by atoms with Crippen LogP contribution in [0, 0.1) is 6.92 Å². The fourth-order valence-electron chi connectivity index (χ4n) is 3.48. The first-order valence-corrected chi connectivity index (χ1v) is 10.4. The van der Waals surface area contributed by atoms with Crippen molar-refractivity contribution in [1.82, 2.24) is 4.98 Å². The third-order valence-corrected chi connectivity index (χ3v) is 5.22. The summed E-state index contributed by atoms with van der Waals surface area (Å²) in [6, 6.07) is 19.3. The van der Waals surface area contributed by atoms with E-state index in [9.17, 15) is 4.79 Å². The van der Waals surface area contributed by atoms with Crippen LogP contribution in [0.25, 0.3) is 28.7 Å². The van der Waals surface area contributed by atoms with E-state index >= 15 is 0 Å². The van der Waals surface area contributed by atoms with Gasteiger partial charge in [-0.15, -0.1) is 0 Å². The van der Waals surface area contributed by atoms with Crippen LogP contribution in [0.5, 0.6) is 11.5 Å². The zero-order valence-electron chi connectivity index (χ0n) is 18.7. The van der Waals surface area contributed by atoms with Gasteiger partial charge in [0, 0.05) is 17.3 Å². The summed E-state index contributed by atoms with van der Waals surface area (Å²) in [5.74, 6) is 1.61. The number of carbonyl (C=O) groups excluding carboxylic acids is 1. The Bertz CT molecular complexity index is 1280. The zero-order valence-corrected chi connectivity index (χ0v) is 18.7. The van der Waals surface area contributed by atoms with Crippen LogP contribution in [-0.4, -0.2) is 25.1 Å². The predicted octanol–water partition coefficient (Wildman–Crippen LogP) is 5.99. The van der Waals surface area contributed by atoms with E-state index in [4.69, 9.17) is 13.9 Å². The highest BCUT2D eigenvalue weighted by Crippen LogP contribution is 2.30. The number of hydrogen-bond donors (Lipinski definition) is 1. The second-order valence-electron chi connectivity index (χ2n) is 7.38. The number of oxazole rings is 1. The van der Waals surface area contributed by atoms with Crippen LogP contribution < -0.4 is 14.8 Å². The van der Waals surface area contributed by atoms with Crippen LogP contribution in [0.1, 0.15) is 11.1 Å².